The first-order valence-electron chi connectivity index (χ1n) is 10.6. The fraction of sp³-hybridized carbons (Fsp3) is 0.391. The van der Waals surface area contributed by atoms with E-state index < -0.39 is 0 Å². The summed E-state index contributed by atoms with van der Waals surface area (Å²) in [5.74, 6) is 1.84. The smallest absolute Gasteiger partial charge is 0.274 e. The van der Waals surface area contributed by atoms with Crippen molar-refractivity contribution in [1.29, 1.82) is 0 Å². The van der Waals surface area contributed by atoms with Crippen LogP contribution in [-0.2, 0) is 30.9 Å². The number of furan rings is 1. The Bertz CT molecular complexity index is 1130. The first-order chi connectivity index (χ1) is 15.1. The number of carbonyl (C=O) groups excluding carboxylic acids is 1. The lowest BCUT2D eigenvalue weighted by atomic mass is 9.83. The summed E-state index contributed by atoms with van der Waals surface area (Å²) >= 11 is 1.62. The van der Waals surface area contributed by atoms with Crippen LogP contribution in [0.1, 0.15) is 34.4 Å². The lowest BCUT2D eigenvalue weighted by Crippen LogP contribution is -2.49. The van der Waals surface area contributed by atoms with Crippen LogP contribution in [0.2, 0.25) is 0 Å². The second-order valence-corrected chi connectivity index (χ2v) is 9.35. The Morgan fingerprint density at radius 3 is 2.81 bits per heavy atom. The molecule has 5 heterocycles. The van der Waals surface area contributed by atoms with Crippen LogP contribution >= 0.6 is 11.3 Å². The van der Waals surface area contributed by atoms with Gasteiger partial charge >= 0.3 is 0 Å². The monoisotopic (exact) mass is 439 g/mol. The molecular weight excluding hydrogens is 414 g/mol. The normalized spacial score (nSPS) is 19.8. The molecule has 0 saturated carbocycles. The van der Waals surface area contributed by atoms with Crippen molar-refractivity contribution in [1.82, 2.24) is 9.47 Å². The van der Waals surface area contributed by atoms with Gasteiger partial charge in [0, 0.05) is 36.1 Å². The maximum absolute atomic E-state index is 13.1. The van der Waals surface area contributed by atoms with Gasteiger partial charge in [-0.25, -0.2) is 0 Å². The van der Waals surface area contributed by atoms with Crippen molar-refractivity contribution < 1.29 is 14.3 Å². The lowest BCUT2D eigenvalue weighted by Gasteiger charge is -2.43. The van der Waals surface area contributed by atoms with Crippen molar-refractivity contribution in [3.8, 4) is 0 Å². The summed E-state index contributed by atoms with van der Waals surface area (Å²) in [7, 11) is 0. The second-order valence-electron chi connectivity index (χ2n) is 8.32. The highest BCUT2D eigenvalue weighted by Crippen LogP contribution is 2.35. The fourth-order valence-corrected chi connectivity index (χ4v) is 5.44. The highest BCUT2D eigenvalue weighted by molar-refractivity contribution is 7.10. The van der Waals surface area contributed by atoms with Gasteiger partial charge in [-0.15, -0.1) is 11.3 Å². The number of aliphatic hydroxyl groups excluding tert-OH is 1. The summed E-state index contributed by atoms with van der Waals surface area (Å²) in [6.45, 7) is 2.26. The molecule has 31 heavy (non-hydrogen) atoms. The van der Waals surface area contributed by atoms with Gasteiger partial charge in [0.2, 0.25) is 5.91 Å². The molecule has 5 rings (SSSR count). The van der Waals surface area contributed by atoms with E-state index in [0.717, 1.165) is 17.0 Å². The average molecular weight is 440 g/mol. The molecule has 2 atom stereocenters. The van der Waals surface area contributed by atoms with Crippen LogP contribution < -0.4 is 10.9 Å². The third kappa shape index (κ3) is 4.05. The molecule has 1 saturated heterocycles. The summed E-state index contributed by atoms with van der Waals surface area (Å²) in [5.41, 5.74) is 1.52. The van der Waals surface area contributed by atoms with Crippen LogP contribution in [0.15, 0.2) is 51.0 Å². The molecule has 3 aromatic heterocycles. The Balaban J connectivity index is 1.30. The topological polar surface area (TPSA) is 87.7 Å². The summed E-state index contributed by atoms with van der Waals surface area (Å²) in [4.78, 5) is 29.0. The minimum atomic E-state index is -0.142. The van der Waals surface area contributed by atoms with Gasteiger partial charge < -0.3 is 24.3 Å². The van der Waals surface area contributed by atoms with E-state index in [1.54, 1.807) is 23.5 Å². The number of amides is 1. The Kier molecular flexibility index (Phi) is 5.41. The van der Waals surface area contributed by atoms with Crippen LogP contribution in [0.3, 0.4) is 0 Å². The van der Waals surface area contributed by atoms with E-state index in [0.29, 0.717) is 55.7 Å². The first-order valence-corrected chi connectivity index (χ1v) is 11.4. The number of pyridine rings is 1. The number of nitrogens with one attached hydrogen (secondary N) is 1. The van der Waals surface area contributed by atoms with Gasteiger partial charge in [0.25, 0.3) is 5.56 Å². The molecule has 0 radical (unpaired) electrons. The maximum atomic E-state index is 13.1. The Morgan fingerprint density at radius 2 is 2.03 bits per heavy atom. The van der Waals surface area contributed by atoms with Crippen LogP contribution in [-0.4, -0.2) is 33.6 Å². The predicted molar refractivity (Wildman–Crippen MR) is 118 cm³/mol. The number of rotatable bonds is 6. The number of hydrogen-bond donors (Lipinski definition) is 2. The second kappa shape index (κ2) is 8.36. The van der Waals surface area contributed by atoms with Crippen LogP contribution in [0.25, 0.3) is 0 Å². The van der Waals surface area contributed by atoms with Gasteiger partial charge in [0.05, 0.1) is 13.0 Å². The Morgan fingerprint density at radius 1 is 1.16 bits per heavy atom. The third-order valence-electron chi connectivity index (χ3n) is 6.19. The number of carbonyl (C=O) groups is 1. The molecule has 2 bridgehead atoms. The highest BCUT2D eigenvalue weighted by Gasteiger charge is 2.36. The van der Waals surface area contributed by atoms with Crippen LogP contribution in [0.4, 0.5) is 5.69 Å². The zero-order chi connectivity index (χ0) is 21.4. The zero-order valence-corrected chi connectivity index (χ0v) is 17.9. The van der Waals surface area contributed by atoms with Crippen molar-refractivity contribution in [3.05, 3.63) is 74.2 Å². The van der Waals surface area contributed by atoms with Crippen LogP contribution in [0, 0.1) is 5.92 Å². The average Bonchev–Trinajstić information content (AvgIpc) is 3.45. The molecule has 3 aromatic rings. The van der Waals surface area contributed by atoms with Gasteiger partial charge in [-0.2, -0.15) is 0 Å². The summed E-state index contributed by atoms with van der Waals surface area (Å²) in [6, 6.07) is 11.3. The van der Waals surface area contributed by atoms with E-state index in [-0.39, 0.29) is 24.0 Å². The number of aromatic nitrogens is 1. The Labute approximate surface area is 183 Å². The van der Waals surface area contributed by atoms with Gasteiger partial charge in [-0.1, -0.05) is 6.07 Å². The van der Waals surface area contributed by atoms with Crippen molar-refractivity contribution in [2.75, 3.05) is 18.4 Å². The summed E-state index contributed by atoms with van der Waals surface area (Å²) in [6.07, 6.45) is 1.48. The molecule has 0 unspecified atom stereocenters. The van der Waals surface area contributed by atoms with Crippen molar-refractivity contribution in [3.63, 3.8) is 0 Å². The van der Waals surface area contributed by atoms with Gasteiger partial charge in [0.1, 0.15) is 23.8 Å². The largest absolute Gasteiger partial charge is 0.462 e. The number of likely N-dealkylation sites (tertiary alicyclic amines) is 1. The van der Waals surface area contributed by atoms with E-state index in [2.05, 4.69) is 5.32 Å². The highest BCUT2D eigenvalue weighted by atomic mass is 32.1. The molecule has 0 spiro atoms. The molecule has 2 aliphatic heterocycles. The molecule has 1 amide bonds. The van der Waals surface area contributed by atoms with E-state index in [4.69, 9.17) is 9.52 Å². The molecule has 162 valence electrons. The molecule has 0 aromatic carbocycles. The number of nitrogens with zero attached hydrogens (tertiary/aromatic N) is 2. The molecule has 2 aliphatic rings. The minimum Gasteiger partial charge on any atom is -0.462 e. The zero-order valence-electron chi connectivity index (χ0n) is 17.1. The molecular formula is C23H25N3O4S. The number of aliphatic hydroxyl groups is 1. The van der Waals surface area contributed by atoms with E-state index in [1.807, 2.05) is 39.1 Å². The number of anilines is 1. The minimum absolute atomic E-state index is 0.0282. The van der Waals surface area contributed by atoms with E-state index >= 15 is 0 Å². The number of piperidine rings is 1. The lowest BCUT2D eigenvalue weighted by molar-refractivity contribution is -0.133. The van der Waals surface area contributed by atoms with Gasteiger partial charge in [0.15, 0.2) is 0 Å². The molecule has 8 heteroatoms. The van der Waals surface area contributed by atoms with Gasteiger partial charge in [-0.3, -0.25) is 9.59 Å². The van der Waals surface area contributed by atoms with Crippen molar-refractivity contribution >= 4 is 22.9 Å². The third-order valence-corrected chi connectivity index (χ3v) is 7.07. The van der Waals surface area contributed by atoms with Crippen molar-refractivity contribution in [2.24, 2.45) is 5.92 Å². The predicted octanol–water partition coefficient (Wildman–Crippen LogP) is 2.80. The van der Waals surface area contributed by atoms with E-state index in [1.165, 1.54) is 0 Å². The Hall–Kier alpha value is -2.84. The van der Waals surface area contributed by atoms with Crippen LogP contribution in [0.5, 0.6) is 0 Å². The summed E-state index contributed by atoms with van der Waals surface area (Å²) < 4.78 is 7.36. The first kappa shape index (κ1) is 20.1. The number of thiophene rings is 1. The maximum Gasteiger partial charge on any atom is 0.274 e. The summed E-state index contributed by atoms with van der Waals surface area (Å²) in [5, 5.41) is 14.3. The van der Waals surface area contributed by atoms with Crippen molar-refractivity contribution in [2.45, 2.75) is 38.5 Å². The molecule has 1 fully saturated rings. The molecule has 0 aliphatic carbocycles. The van der Waals surface area contributed by atoms with E-state index in [9.17, 15) is 9.59 Å². The molecule has 2 N–H and O–H groups in total. The number of fused-ring (bicyclic) bond motifs is 4. The fourth-order valence-electron chi connectivity index (χ4n) is 4.74. The molecule has 7 nitrogen and oxygen atoms in total. The SMILES string of the molecule is O=C(Cc1cccs1)N1C[C@H]2C[C@H](C1)c1ccc(NCc3ccc(CO)o3)c(=O)n1C2. The number of hydrogen-bond acceptors (Lipinski definition) is 6. The quantitative estimate of drug-likeness (QED) is 0.617. The standard InChI is InChI=1S/C23H25N3O4S/c27-14-18-4-3-17(30-18)10-24-20-5-6-21-16-8-15(12-26(21)23(20)29)11-25(13-16)22(28)9-19-2-1-7-31-19/h1-7,15-16,24,27H,8-14H2/t15-,16-/m1/s1. The van der Waals surface area contributed by atoms with Gasteiger partial charge in [-0.05, 0) is 48.1 Å².